The van der Waals surface area contributed by atoms with Crippen molar-refractivity contribution in [3.8, 4) is 0 Å². The van der Waals surface area contributed by atoms with E-state index in [1.54, 1.807) is 54.6 Å². The minimum absolute atomic E-state index is 0.0852. The van der Waals surface area contributed by atoms with E-state index in [0.717, 1.165) is 17.4 Å². The van der Waals surface area contributed by atoms with Gasteiger partial charge in [-0.1, -0.05) is 13.8 Å². The lowest BCUT2D eigenvalue weighted by Gasteiger charge is -2.12. The van der Waals surface area contributed by atoms with Crippen LogP contribution in [-0.4, -0.2) is 20.9 Å². The number of anilines is 6. The highest BCUT2D eigenvalue weighted by atomic mass is 19.2. The van der Waals surface area contributed by atoms with Crippen LogP contribution in [0.2, 0.25) is 0 Å². The van der Waals surface area contributed by atoms with Gasteiger partial charge >= 0.3 is 0 Å². The molecule has 0 aliphatic rings. The highest BCUT2D eigenvalue weighted by Gasteiger charge is 2.17. The van der Waals surface area contributed by atoms with Crippen LogP contribution in [0.1, 0.15) is 29.9 Å². The summed E-state index contributed by atoms with van der Waals surface area (Å²) in [5.74, 6) is -3.84. The van der Waals surface area contributed by atoms with Crippen LogP contribution in [-0.2, 0) is 0 Å². The van der Waals surface area contributed by atoms with E-state index in [2.05, 4.69) is 30.9 Å². The summed E-state index contributed by atoms with van der Waals surface area (Å²) in [6.07, 6.45) is 1.29. The van der Waals surface area contributed by atoms with Crippen LogP contribution in [0.15, 0.2) is 72.9 Å². The highest BCUT2D eigenvalue weighted by Crippen LogP contribution is 2.29. The zero-order chi connectivity index (χ0) is 28.8. The van der Waals surface area contributed by atoms with Gasteiger partial charge in [0.15, 0.2) is 17.5 Å². The van der Waals surface area contributed by atoms with E-state index in [0.29, 0.717) is 28.4 Å². The smallest absolute Gasteiger partial charge is 0.255 e. The lowest BCUT2D eigenvalue weighted by molar-refractivity contribution is 0.102. The molecule has 5 N–H and O–H groups in total. The number of hydrogen-bond acceptors (Lipinski definition) is 7. The van der Waals surface area contributed by atoms with E-state index in [4.69, 9.17) is 5.73 Å². The van der Waals surface area contributed by atoms with Crippen molar-refractivity contribution in [1.82, 2.24) is 15.0 Å². The molecular formula is C29H26F3N7O. The van der Waals surface area contributed by atoms with Gasteiger partial charge in [-0.2, -0.15) is 4.98 Å². The first kappa shape index (κ1) is 27.8. The predicted molar refractivity (Wildman–Crippen MR) is 152 cm³/mol. The second kappa shape index (κ2) is 12.1. The standard InChI is InChI=1S/C27H20F3N7O.C2H6/c1-14-12-22(37-27(31)33-14)35-17-6-8-18(9-7-17)36-26(38)15-2-4-16(5-3-15)34-21-10-11-32-25-19(21)13-20(28)23(29)24(25)30;1-2/h2-13H,1H3,(H,32,34)(H,36,38)(H3,31,33,35,37);1-2H3. The number of hydrogen-bond donors (Lipinski definition) is 4. The molecular weight excluding hydrogens is 519 g/mol. The number of carbonyl (C=O) groups excluding carboxylic acids is 1. The molecule has 8 nitrogen and oxygen atoms in total. The van der Waals surface area contributed by atoms with Gasteiger partial charge in [0, 0.05) is 51.7 Å². The summed E-state index contributed by atoms with van der Waals surface area (Å²) in [6, 6.07) is 17.7. The third-order valence-corrected chi connectivity index (χ3v) is 5.58. The zero-order valence-electron chi connectivity index (χ0n) is 21.9. The van der Waals surface area contributed by atoms with Crippen molar-refractivity contribution >= 4 is 51.3 Å². The summed E-state index contributed by atoms with van der Waals surface area (Å²) in [5, 5.41) is 9.05. The van der Waals surface area contributed by atoms with Gasteiger partial charge < -0.3 is 21.7 Å². The molecule has 2 aromatic heterocycles. The Bertz CT molecular complexity index is 1640. The molecule has 5 aromatic rings. The number of fused-ring (bicyclic) bond motifs is 1. The minimum atomic E-state index is -1.57. The fourth-order valence-corrected chi connectivity index (χ4v) is 3.81. The van der Waals surface area contributed by atoms with Gasteiger partial charge in [0.05, 0.1) is 0 Å². The molecule has 0 radical (unpaired) electrons. The normalized spacial score (nSPS) is 10.4. The number of carbonyl (C=O) groups is 1. The lowest BCUT2D eigenvalue weighted by Crippen LogP contribution is -2.11. The van der Waals surface area contributed by atoms with Gasteiger partial charge in [-0.05, 0) is 67.6 Å². The third-order valence-electron chi connectivity index (χ3n) is 5.58. The van der Waals surface area contributed by atoms with Crippen molar-refractivity contribution in [3.05, 3.63) is 102 Å². The Morgan fingerprint density at radius 2 is 1.43 bits per heavy atom. The summed E-state index contributed by atoms with van der Waals surface area (Å²) in [7, 11) is 0. The largest absolute Gasteiger partial charge is 0.368 e. The maximum Gasteiger partial charge on any atom is 0.255 e. The number of nitrogen functional groups attached to an aromatic ring is 1. The number of halogens is 3. The molecule has 0 saturated carbocycles. The van der Waals surface area contributed by atoms with Gasteiger partial charge in [0.1, 0.15) is 11.3 Å². The molecule has 0 aliphatic carbocycles. The van der Waals surface area contributed by atoms with Crippen molar-refractivity contribution in [2.75, 3.05) is 21.7 Å². The monoisotopic (exact) mass is 545 g/mol. The number of pyridine rings is 1. The van der Waals surface area contributed by atoms with Crippen molar-refractivity contribution < 1.29 is 18.0 Å². The molecule has 0 bridgehead atoms. The Hall–Kier alpha value is -5.19. The average Bonchev–Trinajstić information content (AvgIpc) is 2.94. The first-order valence-corrected chi connectivity index (χ1v) is 12.4. The molecule has 204 valence electrons. The van der Waals surface area contributed by atoms with Crippen LogP contribution in [0.5, 0.6) is 0 Å². The maximum atomic E-state index is 14.1. The van der Waals surface area contributed by atoms with Gasteiger partial charge in [0.2, 0.25) is 5.95 Å². The molecule has 0 saturated heterocycles. The summed E-state index contributed by atoms with van der Waals surface area (Å²) in [5.41, 5.74) is 8.73. The molecule has 0 spiro atoms. The van der Waals surface area contributed by atoms with Gasteiger partial charge in [-0.3, -0.25) is 9.78 Å². The molecule has 3 aromatic carbocycles. The van der Waals surface area contributed by atoms with Crippen molar-refractivity contribution in [2.45, 2.75) is 20.8 Å². The van der Waals surface area contributed by atoms with E-state index in [1.165, 1.54) is 12.3 Å². The molecule has 0 aliphatic heterocycles. The van der Waals surface area contributed by atoms with Crippen LogP contribution < -0.4 is 21.7 Å². The van der Waals surface area contributed by atoms with E-state index in [-0.39, 0.29) is 22.8 Å². The number of nitrogens with zero attached hydrogens (tertiary/aromatic N) is 3. The number of aryl methyl sites for hydroxylation is 1. The van der Waals surface area contributed by atoms with E-state index < -0.39 is 17.5 Å². The SMILES string of the molecule is CC.Cc1cc(Nc2ccc(NC(=O)c3ccc(Nc4ccnc5c(F)c(F)c(F)cc45)cc3)cc2)nc(N)n1. The highest BCUT2D eigenvalue weighted by molar-refractivity contribution is 6.04. The number of aromatic nitrogens is 3. The Kier molecular flexibility index (Phi) is 8.43. The quantitative estimate of drug-likeness (QED) is 0.168. The molecule has 2 heterocycles. The minimum Gasteiger partial charge on any atom is -0.368 e. The topological polar surface area (TPSA) is 118 Å². The number of rotatable bonds is 6. The number of nitrogens with one attached hydrogen (secondary N) is 3. The third kappa shape index (κ3) is 6.26. The number of benzene rings is 3. The van der Waals surface area contributed by atoms with Crippen LogP contribution in [0, 0.1) is 24.4 Å². The Morgan fingerprint density at radius 3 is 2.10 bits per heavy atom. The Labute approximate surface area is 228 Å². The molecule has 11 heteroatoms. The molecule has 0 unspecified atom stereocenters. The first-order chi connectivity index (χ1) is 19.3. The summed E-state index contributed by atoms with van der Waals surface area (Å²) >= 11 is 0. The number of nitrogens with two attached hydrogens (primary N) is 1. The zero-order valence-corrected chi connectivity index (χ0v) is 21.9. The van der Waals surface area contributed by atoms with Crippen molar-refractivity contribution in [3.63, 3.8) is 0 Å². The van der Waals surface area contributed by atoms with Gasteiger partial charge in [0.25, 0.3) is 5.91 Å². The molecule has 40 heavy (non-hydrogen) atoms. The van der Waals surface area contributed by atoms with Crippen LogP contribution in [0.3, 0.4) is 0 Å². The Morgan fingerprint density at radius 1 is 0.800 bits per heavy atom. The molecule has 0 fully saturated rings. The summed E-state index contributed by atoms with van der Waals surface area (Å²) in [6.45, 7) is 5.82. The van der Waals surface area contributed by atoms with Crippen molar-refractivity contribution in [2.24, 2.45) is 0 Å². The fourth-order valence-electron chi connectivity index (χ4n) is 3.81. The van der Waals surface area contributed by atoms with Crippen molar-refractivity contribution in [1.29, 1.82) is 0 Å². The molecule has 0 atom stereocenters. The first-order valence-electron chi connectivity index (χ1n) is 12.4. The van der Waals surface area contributed by atoms with Crippen LogP contribution >= 0.6 is 0 Å². The second-order valence-electron chi connectivity index (χ2n) is 8.35. The van der Waals surface area contributed by atoms with E-state index in [1.807, 2.05) is 20.8 Å². The number of amides is 1. The maximum absolute atomic E-state index is 14.1. The predicted octanol–water partition coefficient (Wildman–Crippen LogP) is 7.10. The van der Waals surface area contributed by atoms with Gasteiger partial charge in [-0.15, -0.1) is 0 Å². The molecule has 5 rings (SSSR count). The van der Waals surface area contributed by atoms with Gasteiger partial charge in [-0.25, -0.2) is 18.2 Å². The summed E-state index contributed by atoms with van der Waals surface area (Å²) < 4.78 is 41.4. The van der Waals surface area contributed by atoms with E-state index >= 15 is 0 Å². The average molecular weight is 546 g/mol. The van der Waals surface area contributed by atoms with Crippen LogP contribution in [0.25, 0.3) is 10.9 Å². The summed E-state index contributed by atoms with van der Waals surface area (Å²) in [4.78, 5) is 24.7. The Balaban J connectivity index is 0.00000181. The fraction of sp³-hybridized carbons (Fsp3) is 0.103. The van der Waals surface area contributed by atoms with E-state index in [9.17, 15) is 18.0 Å². The lowest BCUT2D eigenvalue weighted by atomic mass is 10.1. The molecule has 1 amide bonds. The van der Waals surface area contributed by atoms with Crippen LogP contribution in [0.4, 0.5) is 47.7 Å². The second-order valence-corrected chi connectivity index (χ2v) is 8.35.